The van der Waals surface area contributed by atoms with E-state index in [0.717, 1.165) is 6.42 Å². The molecule has 0 nitrogen and oxygen atoms in total. The van der Waals surface area contributed by atoms with Crippen molar-refractivity contribution in [1.82, 2.24) is 0 Å². The van der Waals surface area contributed by atoms with Crippen molar-refractivity contribution < 1.29 is 26.3 Å². The van der Waals surface area contributed by atoms with Crippen LogP contribution in [0.3, 0.4) is 0 Å². The summed E-state index contributed by atoms with van der Waals surface area (Å²) in [4.78, 5) is 0. The van der Waals surface area contributed by atoms with Crippen molar-refractivity contribution in [3.8, 4) is 0 Å². The number of alkyl halides is 6. The molecule has 1 saturated carbocycles. The molecule has 0 aromatic carbocycles. The van der Waals surface area contributed by atoms with E-state index in [1.807, 2.05) is 0 Å². The van der Waals surface area contributed by atoms with Crippen molar-refractivity contribution in [2.24, 2.45) is 11.8 Å². The van der Waals surface area contributed by atoms with Crippen LogP contribution in [-0.2, 0) is 0 Å². The fourth-order valence-electron chi connectivity index (χ4n) is 1.58. The maximum absolute atomic E-state index is 12.1. The summed E-state index contributed by atoms with van der Waals surface area (Å²) in [7, 11) is 0. The molecule has 83 valence electrons. The Morgan fingerprint density at radius 1 is 0.929 bits per heavy atom. The smallest absolute Gasteiger partial charge is 0.171 e. The first-order valence-electron chi connectivity index (χ1n) is 4.18. The molecule has 0 spiro atoms. The zero-order valence-corrected chi connectivity index (χ0v) is 7.12. The lowest BCUT2D eigenvalue weighted by atomic mass is 9.81. The molecule has 0 aromatic heterocycles. The van der Waals surface area contributed by atoms with Crippen LogP contribution in [0.5, 0.6) is 0 Å². The molecule has 0 amide bonds. The number of halogens is 6. The highest BCUT2D eigenvalue weighted by atomic mass is 19.4. The Balaban J connectivity index is 2.61. The van der Waals surface area contributed by atoms with Crippen LogP contribution in [0.1, 0.15) is 19.3 Å². The van der Waals surface area contributed by atoms with Crippen LogP contribution in [0, 0.1) is 18.3 Å². The van der Waals surface area contributed by atoms with Gasteiger partial charge in [-0.1, -0.05) is 0 Å². The Morgan fingerprint density at radius 3 is 1.93 bits per heavy atom. The van der Waals surface area contributed by atoms with Crippen molar-refractivity contribution in [3.05, 3.63) is 6.42 Å². The molecule has 1 fully saturated rings. The Morgan fingerprint density at radius 2 is 1.50 bits per heavy atom. The SMILES string of the molecule is FC(F)(F)C1[CH]CCC(C(F)(F)F)C1. The Hall–Kier alpha value is -0.420. The van der Waals surface area contributed by atoms with Crippen LogP contribution in [0.4, 0.5) is 26.3 Å². The topological polar surface area (TPSA) is 0 Å². The van der Waals surface area contributed by atoms with Gasteiger partial charge in [0.25, 0.3) is 0 Å². The van der Waals surface area contributed by atoms with Crippen LogP contribution in [0.2, 0.25) is 0 Å². The predicted molar refractivity (Wildman–Crippen MR) is 37.2 cm³/mol. The van der Waals surface area contributed by atoms with E-state index < -0.39 is 30.6 Å². The second-order valence-corrected chi connectivity index (χ2v) is 3.44. The van der Waals surface area contributed by atoms with Gasteiger partial charge in [-0.05, 0) is 25.7 Å². The lowest BCUT2D eigenvalue weighted by molar-refractivity contribution is -0.212. The molecule has 2 unspecified atom stereocenters. The first-order valence-corrected chi connectivity index (χ1v) is 4.18. The van der Waals surface area contributed by atoms with Crippen LogP contribution in [0.15, 0.2) is 0 Å². The molecule has 6 heteroatoms. The fourth-order valence-corrected chi connectivity index (χ4v) is 1.58. The molecule has 0 aromatic rings. The maximum atomic E-state index is 12.1. The third-order valence-corrected chi connectivity index (χ3v) is 2.39. The minimum atomic E-state index is -4.54. The molecule has 0 aliphatic heterocycles. The first kappa shape index (κ1) is 11.7. The second kappa shape index (κ2) is 3.62. The molecule has 2 atom stereocenters. The van der Waals surface area contributed by atoms with Gasteiger partial charge in [-0.3, -0.25) is 0 Å². The van der Waals surface area contributed by atoms with Gasteiger partial charge in [0, 0.05) is 0 Å². The van der Waals surface area contributed by atoms with E-state index in [-0.39, 0.29) is 12.8 Å². The van der Waals surface area contributed by atoms with E-state index in [1.165, 1.54) is 0 Å². The summed E-state index contributed by atoms with van der Waals surface area (Å²) in [5.41, 5.74) is 0. The molecule has 0 heterocycles. The Bertz CT molecular complexity index is 171. The minimum absolute atomic E-state index is 0.117. The molecule has 1 aliphatic carbocycles. The van der Waals surface area contributed by atoms with Crippen LogP contribution >= 0.6 is 0 Å². The highest BCUT2D eigenvalue weighted by Gasteiger charge is 2.49. The maximum Gasteiger partial charge on any atom is 0.392 e. The van der Waals surface area contributed by atoms with Gasteiger partial charge in [0.15, 0.2) is 0 Å². The molecule has 0 N–H and O–H groups in total. The summed E-state index contributed by atoms with van der Waals surface area (Å²) >= 11 is 0. The summed E-state index contributed by atoms with van der Waals surface area (Å²) in [6.07, 6.45) is -9.30. The van der Waals surface area contributed by atoms with E-state index in [4.69, 9.17) is 0 Å². The average Bonchev–Trinajstić information content (AvgIpc) is 2.01. The van der Waals surface area contributed by atoms with Crippen molar-refractivity contribution in [2.45, 2.75) is 31.6 Å². The van der Waals surface area contributed by atoms with E-state index in [9.17, 15) is 26.3 Å². The summed E-state index contributed by atoms with van der Waals surface area (Å²) in [5.74, 6) is -3.71. The third-order valence-electron chi connectivity index (χ3n) is 2.39. The van der Waals surface area contributed by atoms with E-state index in [2.05, 4.69) is 0 Å². The molecule has 1 aliphatic rings. The Kier molecular flexibility index (Phi) is 3.02. The van der Waals surface area contributed by atoms with Gasteiger partial charge in [0.2, 0.25) is 0 Å². The summed E-state index contributed by atoms with van der Waals surface area (Å²) in [6.45, 7) is 0. The Labute approximate surface area is 77.3 Å². The van der Waals surface area contributed by atoms with Crippen molar-refractivity contribution in [3.63, 3.8) is 0 Å². The van der Waals surface area contributed by atoms with Crippen molar-refractivity contribution in [1.29, 1.82) is 0 Å². The van der Waals surface area contributed by atoms with Crippen LogP contribution < -0.4 is 0 Å². The zero-order chi connectivity index (χ0) is 11.0. The quantitative estimate of drug-likeness (QED) is 0.544. The number of hydrogen-bond donors (Lipinski definition) is 0. The normalized spacial score (nSPS) is 30.4. The predicted octanol–water partition coefficient (Wildman–Crippen LogP) is 3.73. The van der Waals surface area contributed by atoms with E-state index >= 15 is 0 Å². The largest absolute Gasteiger partial charge is 0.392 e. The highest BCUT2D eigenvalue weighted by Crippen LogP contribution is 2.44. The average molecular weight is 219 g/mol. The van der Waals surface area contributed by atoms with Crippen molar-refractivity contribution >= 4 is 0 Å². The van der Waals surface area contributed by atoms with Gasteiger partial charge in [-0.2, -0.15) is 26.3 Å². The monoisotopic (exact) mass is 219 g/mol. The highest BCUT2D eigenvalue weighted by molar-refractivity contribution is 4.91. The van der Waals surface area contributed by atoms with E-state index in [1.54, 1.807) is 0 Å². The van der Waals surface area contributed by atoms with E-state index in [0.29, 0.717) is 0 Å². The molecular weight excluding hydrogens is 210 g/mol. The summed E-state index contributed by atoms with van der Waals surface area (Å²) < 4.78 is 72.7. The first-order chi connectivity index (χ1) is 6.21. The van der Waals surface area contributed by atoms with Gasteiger partial charge >= 0.3 is 12.4 Å². The zero-order valence-electron chi connectivity index (χ0n) is 7.12. The third kappa shape index (κ3) is 2.78. The van der Waals surface area contributed by atoms with Crippen molar-refractivity contribution in [2.75, 3.05) is 0 Å². The molecule has 0 bridgehead atoms. The number of hydrogen-bond acceptors (Lipinski definition) is 0. The van der Waals surface area contributed by atoms with Gasteiger partial charge in [-0.15, -0.1) is 0 Å². The summed E-state index contributed by atoms with van der Waals surface area (Å²) in [6, 6.07) is 0. The molecule has 1 radical (unpaired) electrons. The second-order valence-electron chi connectivity index (χ2n) is 3.44. The van der Waals surface area contributed by atoms with Crippen LogP contribution in [-0.4, -0.2) is 12.4 Å². The van der Waals surface area contributed by atoms with Gasteiger partial charge in [0.1, 0.15) is 0 Å². The molecule has 14 heavy (non-hydrogen) atoms. The summed E-state index contributed by atoms with van der Waals surface area (Å²) in [5, 5.41) is 0. The fraction of sp³-hybridized carbons (Fsp3) is 0.875. The van der Waals surface area contributed by atoms with Crippen LogP contribution in [0.25, 0.3) is 0 Å². The molecular formula is C8H9F6. The minimum Gasteiger partial charge on any atom is -0.171 e. The van der Waals surface area contributed by atoms with Gasteiger partial charge < -0.3 is 0 Å². The standard InChI is InChI=1S/C8H9F6/c9-7(10,11)5-2-1-3-6(4-5)8(12,13)14/h2,5-6H,1,3-4H2. The lowest BCUT2D eigenvalue weighted by Crippen LogP contribution is -2.35. The lowest BCUT2D eigenvalue weighted by Gasteiger charge is -2.31. The number of rotatable bonds is 0. The molecule has 0 saturated heterocycles. The van der Waals surface area contributed by atoms with Gasteiger partial charge in [0.05, 0.1) is 11.8 Å². The molecule has 1 rings (SSSR count). The van der Waals surface area contributed by atoms with Gasteiger partial charge in [-0.25, -0.2) is 0 Å².